The van der Waals surface area contributed by atoms with Crippen LogP contribution in [0.25, 0.3) is 12.2 Å². The molecule has 0 bridgehead atoms. The number of ketones is 1. The first-order chi connectivity index (χ1) is 16.9. The average Bonchev–Trinajstić information content (AvgIpc) is 2.89. The quantitative estimate of drug-likeness (QED) is 0.494. The van der Waals surface area contributed by atoms with E-state index in [0.29, 0.717) is 58.7 Å². The zero-order chi connectivity index (χ0) is 25.5. The molecule has 8 heteroatoms. The summed E-state index contributed by atoms with van der Waals surface area (Å²) in [4.78, 5) is 15.7. The number of likely N-dealkylation sites (N-methyl/N-ethyl adjacent to an activating group) is 1. The molecule has 0 unspecified atom stereocenters. The van der Waals surface area contributed by atoms with E-state index in [2.05, 4.69) is 11.8 Å². The highest BCUT2D eigenvalue weighted by Crippen LogP contribution is 2.40. The molecule has 2 aromatic carbocycles. The third-order valence-corrected chi connectivity index (χ3v) is 5.87. The minimum Gasteiger partial charge on any atom is -0.493 e. The second kappa shape index (κ2) is 11.7. The van der Waals surface area contributed by atoms with Gasteiger partial charge in [0.1, 0.15) is 0 Å². The van der Waals surface area contributed by atoms with Crippen LogP contribution in [0.15, 0.2) is 35.4 Å². The van der Waals surface area contributed by atoms with E-state index in [1.165, 1.54) is 0 Å². The molecular formula is C27H33NO7. The number of carbonyl (C=O) groups excluding carboxylic acids is 1. The van der Waals surface area contributed by atoms with Crippen LogP contribution in [-0.4, -0.2) is 73.0 Å². The summed E-state index contributed by atoms with van der Waals surface area (Å²) >= 11 is 0. The lowest BCUT2D eigenvalue weighted by Crippen LogP contribution is -2.37. The Kier molecular flexibility index (Phi) is 8.65. The molecular weight excluding hydrogens is 450 g/mol. The maximum Gasteiger partial charge on any atom is 0.203 e. The van der Waals surface area contributed by atoms with E-state index in [0.717, 1.165) is 17.7 Å². The van der Waals surface area contributed by atoms with Crippen LogP contribution in [0.4, 0.5) is 0 Å². The number of benzene rings is 2. The number of nitrogens with zero attached hydrogens (tertiary/aromatic N) is 1. The van der Waals surface area contributed by atoms with Gasteiger partial charge >= 0.3 is 0 Å². The number of piperidine rings is 1. The molecule has 1 saturated heterocycles. The van der Waals surface area contributed by atoms with Crippen molar-refractivity contribution in [3.05, 3.63) is 46.5 Å². The Morgan fingerprint density at radius 1 is 0.657 bits per heavy atom. The number of rotatable bonds is 9. The van der Waals surface area contributed by atoms with Gasteiger partial charge in [0.05, 0.1) is 42.7 Å². The maximum absolute atomic E-state index is 13.5. The van der Waals surface area contributed by atoms with E-state index in [1.54, 1.807) is 42.7 Å². The molecule has 0 aromatic heterocycles. The van der Waals surface area contributed by atoms with Gasteiger partial charge in [-0.3, -0.25) is 9.69 Å². The second-order valence-corrected chi connectivity index (χ2v) is 7.89. The summed E-state index contributed by atoms with van der Waals surface area (Å²) in [5.41, 5.74) is 2.91. The van der Waals surface area contributed by atoms with Gasteiger partial charge in [-0.2, -0.15) is 0 Å². The fourth-order valence-electron chi connectivity index (χ4n) is 4.11. The number of carbonyl (C=O) groups is 1. The summed E-state index contributed by atoms with van der Waals surface area (Å²) in [6.45, 7) is 3.95. The standard InChI is InChI=1S/C27H33NO7/c1-8-28-15-19(9-17-11-21(30-2)26(34-6)22(12-17)31-3)25(29)20(16-28)10-18-13-23(32-4)27(35-7)24(14-18)33-5/h9-14H,8,15-16H2,1-7H3. The van der Waals surface area contributed by atoms with Crippen LogP contribution in [0.5, 0.6) is 34.5 Å². The van der Waals surface area contributed by atoms with Crippen molar-refractivity contribution in [2.24, 2.45) is 0 Å². The van der Waals surface area contributed by atoms with E-state index in [1.807, 2.05) is 36.4 Å². The van der Waals surface area contributed by atoms with Gasteiger partial charge in [0.25, 0.3) is 0 Å². The third-order valence-electron chi connectivity index (χ3n) is 5.87. The van der Waals surface area contributed by atoms with Gasteiger partial charge in [0.15, 0.2) is 28.8 Å². The lowest BCUT2D eigenvalue weighted by molar-refractivity contribution is -0.113. The molecule has 0 atom stereocenters. The number of likely N-dealkylation sites (tertiary alicyclic amines) is 1. The summed E-state index contributed by atoms with van der Waals surface area (Å²) in [6.07, 6.45) is 3.75. The van der Waals surface area contributed by atoms with E-state index in [9.17, 15) is 4.79 Å². The van der Waals surface area contributed by atoms with Crippen LogP contribution in [0.3, 0.4) is 0 Å². The van der Waals surface area contributed by atoms with Crippen molar-refractivity contribution in [1.82, 2.24) is 4.90 Å². The SMILES string of the molecule is CCN1CC(=Cc2cc(OC)c(OC)c(OC)c2)C(=O)C(=Cc2cc(OC)c(OC)c(OC)c2)C1. The normalized spacial score (nSPS) is 16.4. The van der Waals surface area contributed by atoms with Crippen LogP contribution < -0.4 is 28.4 Å². The first-order valence-electron chi connectivity index (χ1n) is 11.2. The number of Topliss-reactive ketones (excluding diaryl/α,β-unsaturated/α-hetero) is 1. The van der Waals surface area contributed by atoms with Crippen molar-refractivity contribution in [1.29, 1.82) is 0 Å². The third kappa shape index (κ3) is 5.54. The topological polar surface area (TPSA) is 75.7 Å². The molecule has 0 aliphatic carbocycles. The van der Waals surface area contributed by atoms with Crippen molar-refractivity contribution in [2.75, 3.05) is 62.3 Å². The molecule has 188 valence electrons. The summed E-state index contributed by atoms with van der Waals surface area (Å²) < 4.78 is 32.7. The number of hydrogen-bond donors (Lipinski definition) is 0. The Bertz CT molecular complexity index is 1000. The molecule has 35 heavy (non-hydrogen) atoms. The molecule has 1 heterocycles. The summed E-state index contributed by atoms with van der Waals surface area (Å²) in [7, 11) is 9.38. The number of methoxy groups -OCH3 is 6. The van der Waals surface area contributed by atoms with Crippen LogP contribution in [-0.2, 0) is 4.79 Å². The van der Waals surface area contributed by atoms with Crippen LogP contribution in [0.1, 0.15) is 18.1 Å². The highest BCUT2D eigenvalue weighted by molar-refractivity contribution is 6.14. The Balaban J connectivity index is 2.06. The summed E-state index contributed by atoms with van der Waals surface area (Å²) in [6, 6.07) is 7.31. The molecule has 0 saturated carbocycles. The van der Waals surface area contributed by atoms with Gasteiger partial charge in [0.2, 0.25) is 11.5 Å². The number of hydrogen-bond acceptors (Lipinski definition) is 8. The smallest absolute Gasteiger partial charge is 0.203 e. The van der Waals surface area contributed by atoms with Crippen molar-refractivity contribution in [3.63, 3.8) is 0 Å². The lowest BCUT2D eigenvalue weighted by Gasteiger charge is -2.28. The molecule has 8 nitrogen and oxygen atoms in total. The maximum atomic E-state index is 13.5. The van der Waals surface area contributed by atoms with Gasteiger partial charge in [-0.1, -0.05) is 6.92 Å². The van der Waals surface area contributed by atoms with Gasteiger partial charge in [-0.15, -0.1) is 0 Å². The number of ether oxygens (including phenoxy) is 6. The van der Waals surface area contributed by atoms with E-state index < -0.39 is 0 Å². The fraction of sp³-hybridized carbons (Fsp3) is 0.370. The first-order valence-corrected chi connectivity index (χ1v) is 11.2. The Morgan fingerprint density at radius 3 is 1.26 bits per heavy atom. The Morgan fingerprint density at radius 2 is 1.00 bits per heavy atom. The minimum atomic E-state index is -0.0165. The van der Waals surface area contributed by atoms with Gasteiger partial charge in [-0.05, 0) is 54.1 Å². The highest BCUT2D eigenvalue weighted by atomic mass is 16.5. The lowest BCUT2D eigenvalue weighted by atomic mass is 9.94. The zero-order valence-corrected chi connectivity index (χ0v) is 21.4. The molecule has 2 aromatic rings. The second-order valence-electron chi connectivity index (χ2n) is 7.89. The Hall–Kier alpha value is -3.65. The van der Waals surface area contributed by atoms with E-state index in [-0.39, 0.29) is 5.78 Å². The van der Waals surface area contributed by atoms with Gasteiger partial charge < -0.3 is 28.4 Å². The van der Waals surface area contributed by atoms with Crippen molar-refractivity contribution >= 4 is 17.9 Å². The highest BCUT2D eigenvalue weighted by Gasteiger charge is 2.26. The van der Waals surface area contributed by atoms with Gasteiger partial charge in [0, 0.05) is 24.2 Å². The minimum absolute atomic E-state index is 0.0165. The van der Waals surface area contributed by atoms with Crippen molar-refractivity contribution in [3.8, 4) is 34.5 Å². The monoisotopic (exact) mass is 483 g/mol. The first kappa shape index (κ1) is 26.0. The fourth-order valence-corrected chi connectivity index (χ4v) is 4.11. The van der Waals surface area contributed by atoms with Crippen molar-refractivity contribution < 1.29 is 33.2 Å². The molecule has 1 aliphatic rings. The predicted octanol–water partition coefficient (Wildman–Crippen LogP) is 4.11. The van der Waals surface area contributed by atoms with Crippen molar-refractivity contribution in [2.45, 2.75) is 6.92 Å². The molecule has 1 fully saturated rings. The molecule has 3 rings (SSSR count). The molecule has 0 radical (unpaired) electrons. The van der Waals surface area contributed by atoms with Crippen LogP contribution in [0, 0.1) is 0 Å². The molecule has 0 N–H and O–H groups in total. The zero-order valence-electron chi connectivity index (χ0n) is 21.4. The molecule has 0 spiro atoms. The molecule has 0 amide bonds. The predicted molar refractivity (Wildman–Crippen MR) is 135 cm³/mol. The van der Waals surface area contributed by atoms with Crippen LogP contribution >= 0.6 is 0 Å². The largest absolute Gasteiger partial charge is 0.493 e. The summed E-state index contributed by atoms with van der Waals surface area (Å²) in [5, 5.41) is 0. The van der Waals surface area contributed by atoms with E-state index in [4.69, 9.17) is 28.4 Å². The van der Waals surface area contributed by atoms with Gasteiger partial charge in [-0.25, -0.2) is 0 Å². The van der Waals surface area contributed by atoms with E-state index >= 15 is 0 Å². The average molecular weight is 484 g/mol. The Labute approximate surface area is 206 Å². The van der Waals surface area contributed by atoms with Crippen LogP contribution in [0.2, 0.25) is 0 Å². The summed E-state index contributed by atoms with van der Waals surface area (Å²) in [5.74, 6) is 3.11. The molecule has 1 aliphatic heterocycles.